The molecule has 0 saturated heterocycles. The van der Waals surface area contributed by atoms with Crippen LogP contribution in [0.25, 0.3) is 0 Å². The predicted molar refractivity (Wildman–Crippen MR) is 111 cm³/mol. The normalized spacial score (nSPS) is 12.0. The maximum Gasteiger partial charge on any atom is 0.303 e. The molecule has 3 rings (SSSR count). The molecule has 0 radical (unpaired) electrons. The first-order valence-corrected chi connectivity index (χ1v) is 10.9. The first-order chi connectivity index (χ1) is 12.6. The van der Waals surface area contributed by atoms with Crippen LogP contribution in [0.15, 0.2) is 91.0 Å². The van der Waals surface area contributed by atoms with E-state index in [0.29, 0.717) is 0 Å². The molecule has 0 fully saturated rings. The molecule has 3 aromatic carbocycles. The summed E-state index contributed by atoms with van der Waals surface area (Å²) in [5, 5.41) is 13.2. The van der Waals surface area contributed by atoms with Crippen molar-refractivity contribution in [1.29, 1.82) is 0 Å². The van der Waals surface area contributed by atoms with Gasteiger partial charge in [-0.3, -0.25) is 4.79 Å². The quantitative estimate of drug-likeness (QED) is 0.556. The minimum absolute atomic E-state index is 0. The summed E-state index contributed by atoms with van der Waals surface area (Å²) >= 11 is 0. The lowest BCUT2D eigenvalue weighted by molar-refractivity contribution is -0.137. The Hall–Kier alpha value is -1.96. The number of aliphatic carboxylic acids is 1. The number of halogens is 1. The van der Waals surface area contributed by atoms with Crippen LogP contribution in [-0.2, 0) is 4.79 Å². The average molecular weight is 443 g/mol. The highest BCUT2D eigenvalue weighted by Gasteiger charge is 2.46. The Morgan fingerprint density at radius 2 is 1.11 bits per heavy atom. The number of rotatable bonds is 7. The van der Waals surface area contributed by atoms with Crippen LogP contribution in [0.5, 0.6) is 0 Å². The second kappa shape index (κ2) is 9.82. The lowest BCUT2D eigenvalue weighted by Crippen LogP contribution is -3.00. The molecular weight excluding hydrogens is 419 g/mol. The van der Waals surface area contributed by atoms with Gasteiger partial charge in [0.2, 0.25) is 0 Å². The van der Waals surface area contributed by atoms with E-state index in [1.165, 1.54) is 15.9 Å². The van der Waals surface area contributed by atoms with Gasteiger partial charge < -0.3 is 22.1 Å². The van der Waals surface area contributed by atoms with Crippen molar-refractivity contribution >= 4 is 29.1 Å². The van der Waals surface area contributed by atoms with Crippen molar-refractivity contribution in [3.8, 4) is 0 Å². The minimum Gasteiger partial charge on any atom is -1.00 e. The summed E-state index contributed by atoms with van der Waals surface area (Å²) in [5.41, 5.74) is 0. The Morgan fingerprint density at radius 1 is 0.778 bits per heavy atom. The summed E-state index contributed by atoms with van der Waals surface area (Å²) in [6.07, 6.45) is 1.03. The molecule has 140 valence electrons. The molecule has 27 heavy (non-hydrogen) atoms. The van der Waals surface area contributed by atoms with E-state index in [2.05, 4.69) is 79.7 Å². The minimum atomic E-state index is -1.93. The van der Waals surface area contributed by atoms with Gasteiger partial charge in [0.1, 0.15) is 23.2 Å². The lowest BCUT2D eigenvalue weighted by Gasteiger charge is -2.29. The molecule has 1 atom stereocenters. The van der Waals surface area contributed by atoms with Crippen molar-refractivity contribution < 1.29 is 26.9 Å². The highest BCUT2D eigenvalue weighted by atomic mass is 79.9. The molecule has 0 bridgehead atoms. The van der Waals surface area contributed by atoms with E-state index < -0.39 is 13.2 Å². The monoisotopic (exact) mass is 442 g/mol. The molecule has 0 amide bonds. The molecule has 2 nitrogen and oxygen atoms in total. The van der Waals surface area contributed by atoms with Gasteiger partial charge in [0.05, 0.1) is 12.6 Å². The smallest absolute Gasteiger partial charge is 0.303 e. The molecule has 0 aromatic heterocycles. The average Bonchev–Trinajstić information content (AvgIpc) is 2.67. The van der Waals surface area contributed by atoms with Crippen LogP contribution >= 0.6 is 7.26 Å². The maximum absolute atomic E-state index is 11.3. The number of benzene rings is 3. The van der Waals surface area contributed by atoms with Gasteiger partial charge in [0.25, 0.3) is 0 Å². The molecule has 3 aromatic rings. The van der Waals surface area contributed by atoms with Crippen LogP contribution in [0.2, 0.25) is 0 Å². The van der Waals surface area contributed by atoms with Gasteiger partial charge in [-0.1, -0.05) is 61.5 Å². The van der Waals surface area contributed by atoms with Crippen LogP contribution in [0.3, 0.4) is 0 Å². The van der Waals surface area contributed by atoms with Crippen LogP contribution in [0.4, 0.5) is 0 Å². The number of carboxylic acid groups (broad SMARTS) is 1. The molecular formula is C23H24BrO2P. The molecule has 0 saturated carbocycles. The topological polar surface area (TPSA) is 37.3 Å². The third-order valence-corrected chi connectivity index (χ3v) is 9.41. The van der Waals surface area contributed by atoms with Crippen LogP contribution in [0.1, 0.15) is 13.3 Å². The van der Waals surface area contributed by atoms with E-state index in [-0.39, 0.29) is 29.3 Å². The fourth-order valence-electron chi connectivity index (χ4n) is 3.64. The number of carbonyl (C=O) groups is 1. The van der Waals surface area contributed by atoms with Gasteiger partial charge in [-0.25, -0.2) is 0 Å². The van der Waals surface area contributed by atoms with Gasteiger partial charge in [0.15, 0.2) is 0 Å². The van der Waals surface area contributed by atoms with Crippen LogP contribution in [0, 0.1) is 5.92 Å². The second-order valence-electron chi connectivity index (χ2n) is 6.70. The number of carboxylic acids is 1. The van der Waals surface area contributed by atoms with E-state index >= 15 is 0 Å². The van der Waals surface area contributed by atoms with E-state index in [1.807, 2.05) is 18.2 Å². The van der Waals surface area contributed by atoms with Crippen molar-refractivity contribution in [2.75, 3.05) is 6.16 Å². The Bertz CT molecular complexity index is 741. The molecule has 0 heterocycles. The van der Waals surface area contributed by atoms with Gasteiger partial charge in [-0.05, 0) is 36.4 Å². The zero-order chi connectivity index (χ0) is 18.4. The van der Waals surface area contributed by atoms with Gasteiger partial charge in [0, 0.05) is 5.92 Å². The SMILES string of the molecule is CC(CC(=O)O)C[P+](c1ccccc1)(c1ccccc1)c1ccccc1.[Br-]. The molecule has 0 aliphatic carbocycles. The first kappa shape index (κ1) is 21.3. The van der Waals surface area contributed by atoms with Crippen LogP contribution < -0.4 is 32.9 Å². The van der Waals surface area contributed by atoms with Crippen molar-refractivity contribution in [2.24, 2.45) is 5.92 Å². The Morgan fingerprint density at radius 3 is 1.41 bits per heavy atom. The molecule has 0 spiro atoms. The number of hydrogen-bond acceptors (Lipinski definition) is 1. The van der Waals surface area contributed by atoms with Crippen molar-refractivity contribution in [1.82, 2.24) is 0 Å². The molecule has 0 aliphatic rings. The fourth-order valence-corrected chi connectivity index (χ4v) is 8.28. The lowest BCUT2D eigenvalue weighted by atomic mass is 10.1. The summed E-state index contributed by atoms with van der Waals surface area (Å²) < 4.78 is 0. The summed E-state index contributed by atoms with van der Waals surface area (Å²) in [4.78, 5) is 11.3. The Labute approximate surface area is 172 Å². The van der Waals surface area contributed by atoms with Gasteiger partial charge in [-0.2, -0.15) is 0 Å². The molecule has 4 heteroatoms. The third-order valence-electron chi connectivity index (χ3n) is 4.70. The van der Waals surface area contributed by atoms with Crippen molar-refractivity contribution in [2.45, 2.75) is 13.3 Å². The van der Waals surface area contributed by atoms with Gasteiger partial charge >= 0.3 is 5.97 Å². The maximum atomic E-state index is 11.3. The van der Waals surface area contributed by atoms with E-state index in [0.717, 1.165) is 6.16 Å². The largest absolute Gasteiger partial charge is 1.00 e. The predicted octanol–water partition coefficient (Wildman–Crippen LogP) is 1.10. The van der Waals surface area contributed by atoms with Crippen molar-refractivity contribution in [3.63, 3.8) is 0 Å². The zero-order valence-corrected chi connectivity index (χ0v) is 17.8. The van der Waals surface area contributed by atoms with E-state index in [9.17, 15) is 9.90 Å². The second-order valence-corrected chi connectivity index (χ2v) is 10.2. The highest BCUT2D eigenvalue weighted by Crippen LogP contribution is 2.56. The standard InChI is InChI=1S/C23H23O2P.BrH/c1-19(17-23(24)25)18-26(20-11-5-2-6-12-20,21-13-7-3-8-14-21)22-15-9-4-10-16-22;/h2-16,19H,17-18H2,1H3;1H. The van der Waals surface area contributed by atoms with Crippen molar-refractivity contribution in [3.05, 3.63) is 91.0 Å². The van der Waals surface area contributed by atoms with Crippen LogP contribution in [-0.4, -0.2) is 17.2 Å². The van der Waals surface area contributed by atoms with E-state index in [1.54, 1.807) is 0 Å². The zero-order valence-electron chi connectivity index (χ0n) is 15.3. The molecule has 1 N–H and O–H groups in total. The third kappa shape index (κ3) is 4.86. The number of hydrogen-bond donors (Lipinski definition) is 1. The summed E-state index contributed by atoms with van der Waals surface area (Å²) in [5.74, 6) is -0.647. The van der Waals surface area contributed by atoms with E-state index in [4.69, 9.17) is 0 Å². The summed E-state index contributed by atoms with van der Waals surface area (Å²) in [7, 11) is -1.93. The first-order valence-electron chi connectivity index (χ1n) is 8.89. The summed E-state index contributed by atoms with van der Waals surface area (Å²) in [6.45, 7) is 2.05. The fraction of sp³-hybridized carbons (Fsp3) is 0.174. The molecule has 1 unspecified atom stereocenters. The summed E-state index contributed by atoms with van der Waals surface area (Å²) in [6, 6.07) is 31.8. The molecule has 0 aliphatic heterocycles. The Balaban J connectivity index is 0.00000261. The Kier molecular flexibility index (Phi) is 7.77. The van der Waals surface area contributed by atoms with Gasteiger partial charge in [-0.15, -0.1) is 0 Å². The highest BCUT2D eigenvalue weighted by molar-refractivity contribution is 7.95.